The smallest absolute Gasteiger partial charge is 0.412 e. The number of carbonyl (C=O) groups is 1. The normalized spacial score (nSPS) is 16.5. The molecule has 1 saturated heterocycles. The first-order valence-electron chi connectivity index (χ1n) is 19.0. The molecular weight excluding hydrogens is 692 g/mol. The summed E-state index contributed by atoms with van der Waals surface area (Å²) in [5, 5.41) is 0. The summed E-state index contributed by atoms with van der Waals surface area (Å²) < 4.78 is 41.2. The molecule has 0 N–H and O–H groups in total. The lowest BCUT2D eigenvalue weighted by atomic mass is 9.92. The predicted molar refractivity (Wildman–Crippen MR) is 214 cm³/mol. The zero-order chi connectivity index (χ0) is 38.8. The van der Waals surface area contributed by atoms with E-state index in [1.54, 1.807) is 11.0 Å². The number of benzene rings is 5. The maximum atomic E-state index is 15.6. The fourth-order valence-corrected chi connectivity index (χ4v) is 7.17. The van der Waals surface area contributed by atoms with E-state index in [9.17, 15) is 4.79 Å². The Morgan fingerprint density at radius 3 is 1.80 bits per heavy atom. The van der Waals surface area contributed by atoms with Gasteiger partial charge in [-0.1, -0.05) is 121 Å². The average molecular weight is 745 g/mol. The first-order valence-corrected chi connectivity index (χ1v) is 19.0. The molecule has 288 valence electrons. The van der Waals surface area contributed by atoms with Gasteiger partial charge < -0.3 is 18.9 Å². The van der Waals surface area contributed by atoms with Crippen molar-refractivity contribution >= 4 is 6.09 Å². The van der Waals surface area contributed by atoms with E-state index in [0.29, 0.717) is 38.5 Å². The summed E-state index contributed by atoms with van der Waals surface area (Å²) in [6, 6.07) is 44.4. The van der Waals surface area contributed by atoms with Crippen LogP contribution in [-0.2, 0) is 46.9 Å². The number of hydrogen-bond acceptors (Lipinski definition) is 6. The molecule has 1 heterocycles. The summed E-state index contributed by atoms with van der Waals surface area (Å²) in [5.41, 5.74) is 3.25. The molecule has 6 rings (SSSR count). The number of hydrogen-bond donors (Lipinski definition) is 0. The van der Waals surface area contributed by atoms with Crippen LogP contribution in [0.1, 0.15) is 62.4 Å². The Morgan fingerprint density at radius 2 is 1.27 bits per heavy atom. The van der Waals surface area contributed by atoms with Crippen LogP contribution >= 0.6 is 0 Å². The van der Waals surface area contributed by atoms with Crippen molar-refractivity contribution in [3.63, 3.8) is 0 Å². The van der Waals surface area contributed by atoms with Crippen LogP contribution in [0.15, 0.2) is 140 Å². The molecule has 0 spiro atoms. The second kappa shape index (κ2) is 18.1. The first-order chi connectivity index (χ1) is 26.4. The van der Waals surface area contributed by atoms with Crippen molar-refractivity contribution in [2.45, 2.75) is 96.9 Å². The third-order valence-corrected chi connectivity index (χ3v) is 9.70. The van der Waals surface area contributed by atoms with Gasteiger partial charge in [0.25, 0.3) is 0 Å². The standard InChI is InChI=1S/C47H53FN2O5/c1-46(2,3)55-45(51)50-43(34-54-47(50,4)5)44(53-33-38-24-16-9-17-25-38)42(49(30-35-18-10-6-11-19-35)31-36-20-12-7-13-21-36)28-39-26-40(48)29-41(27-39)52-32-37-22-14-8-15-23-37/h6-27,29,42-44H,28,30-34H2,1-5H3/t42-,43?,44+/m0/s1. The van der Waals surface area contributed by atoms with Crippen molar-refractivity contribution in [2.24, 2.45) is 0 Å². The van der Waals surface area contributed by atoms with Crippen LogP contribution in [0.4, 0.5) is 9.18 Å². The van der Waals surface area contributed by atoms with Gasteiger partial charge in [-0.15, -0.1) is 0 Å². The van der Waals surface area contributed by atoms with Crippen molar-refractivity contribution in [1.29, 1.82) is 0 Å². The minimum Gasteiger partial charge on any atom is -0.489 e. The molecule has 7 nitrogen and oxygen atoms in total. The van der Waals surface area contributed by atoms with E-state index in [1.165, 1.54) is 6.07 Å². The van der Waals surface area contributed by atoms with Crippen molar-refractivity contribution in [2.75, 3.05) is 6.61 Å². The van der Waals surface area contributed by atoms with Gasteiger partial charge in [-0.2, -0.15) is 0 Å². The zero-order valence-corrected chi connectivity index (χ0v) is 32.6. The minimum atomic E-state index is -0.979. The van der Waals surface area contributed by atoms with Crippen LogP contribution in [0.25, 0.3) is 0 Å². The Labute approximate surface area is 325 Å². The van der Waals surface area contributed by atoms with Gasteiger partial charge in [0.2, 0.25) is 0 Å². The molecule has 0 saturated carbocycles. The van der Waals surface area contributed by atoms with Gasteiger partial charge in [-0.05, 0) is 81.0 Å². The molecule has 0 aliphatic carbocycles. The largest absolute Gasteiger partial charge is 0.489 e. The molecule has 1 fully saturated rings. The molecule has 0 bridgehead atoms. The number of rotatable bonds is 15. The molecular formula is C47H53FN2O5. The monoisotopic (exact) mass is 744 g/mol. The van der Waals surface area contributed by atoms with Crippen LogP contribution in [0.2, 0.25) is 0 Å². The fourth-order valence-electron chi connectivity index (χ4n) is 7.17. The molecule has 55 heavy (non-hydrogen) atoms. The molecule has 5 aromatic carbocycles. The second-order valence-corrected chi connectivity index (χ2v) is 15.7. The van der Waals surface area contributed by atoms with Gasteiger partial charge in [0.1, 0.15) is 29.5 Å². The first kappa shape index (κ1) is 39.7. The highest BCUT2D eigenvalue weighted by Crippen LogP contribution is 2.36. The number of amides is 1. The van der Waals surface area contributed by atoms with Gasteiger partial charge in [0.15, 0.2) is 0 Å². The average Bonchev–Trinajstić information content (AvgIpc) is 3.48. The van der Waals surface area contributed by atoms with E-state index in [1.807, 2.05) is 138 Å². The van der Waals surface area contributed by atoms with Crippen molar-refractivity contribution in [3.8, 4) is 5.75 Å². The number of ether oxygens (including phenoxy) is 4. The molecule has 0 radical (unpaired) electrons. The van der Waals surface area contributed by atoms with Gasteiger partial charge in [-0.25, -0.2) is 9.18 Å². The molecule has 5 aromatic rings. The highest BCUT2D eigenvalue weighted by Gasteiger charge is 2.51. The topological polar surface area (TPSA) is 60.5 Å². The van der Waals surface area contributed by atoms with Crippen molar-refractivity contribution in [1.82, 2.24) is 9.80 Å². The Hall–Kier alpha value is -5.02. The number of carbonyl (C=O) groups excluding carboxylic acids is 1. The zero-order valence-electron chi connectivity index (χ0n) is 32.6. The van der Waals surface area contributed by atoms with Crippen LogP contribution < -0.4 is 4.74 Å². The fraction of sp³-hybridized carbons (Fsp3) is 0.340. The maximum Gasteiger partial charge on any atom is 0.412 e. The van der Waals surface area contributed by atoms with Crippen LogP contribution in [0.5, 0.6) is 5.75 Å². The SMILES string of the molecule is CC(C)(C)OC(=O)N1C([C@H](OCc2ccccc2)[C@H](Cc2cc(F)cc(OCc3ccccc3)c2)N(Cc2ccccc2)Cc2ccccc2)COC1(C)C. The summed E-state index contributed by atoms with van der Waals surface area (Å²) in [4.78, 5) is 18.2. The third kappa shape index (κ3) is 11.3. The van der Waals surface area contributed by atoms with Crippen molar-refractivity contribution < 1.29 is 28.1 Å². The molecule has 3 atom stereocenters. The quantitative estimate of drug-likeness (QED) is 0.106. The van der Waals surface area contributed by atoms with Crippen molar-refractivity contribution in [3.05, 3.63) is 173 Å². The lowest BCUT2D eigenvalue weighted by Crippen LogP contribution is -2.59. The van der Waals surface area contributed by atoms with E-state index >= 15 is 4.39 Å². The summed E-state index contributed by atoms with van der Waals surface area (Å²) in [7, 11) is 0. The van der Waals surface area contributed by atoms with Gasteiger partial charge >= 0.3 is 6.09 Å². The molecule has 1 unspecified atom stereocenters. The van der Waals surface area contributed by atoms with E-state index < -0.39 is 29.6 Å². The van der Waals surface area contributed by atoms with Gasteiger partial charge in [0.05, 0.1) is 25.4 Å². The Morgan fingerprint density at radius 1 is 0.764 bits per heavy atom. The lowest BCUT2D eigenvalue weighted by molar-refractivity contribution is -0.0897. The molecule has 0 aromatic heterocycles. The van der Waals surface area contributed by atoms with E-state index in [4.69, 9.17) is 18.9 Å². The highest BCUT2D eigenvalue weighted by atomic mass is 19.1. The maximum absolute atomic E-state index is 15.6. The molecule has 8 heteroatoms. The van der Waals surface area contributed by atoms with Crippen LogP contribution in [0.3, 0.4) is 0 Å². The van der Waals surface area contributed by atoms with E-state index in [-0.39, 0.29) is 18.5 Å². The Balaban J connectivity index is 1.46. The predicted octanol–water partition coefficient (Wildman–Crippen LogP) is 9.98. The van der Waals surface area contributed by atoms with Gasteiger partial charge in [-0.3, -0.25) is 9.80 Å². The lowest BCUT2D eigenvalue weighted by Gasteiger charge is -2.43. The van der Waals surface area contributed by atoms with Crippen LogP contribution in [-0.4, -0.2) is 52.0 Å². The number of nitrogens with zero attached hydrogens (tertiary/aromatic N) is 2. The summed E-state index contributed by atoms with van der Waals surface area (Å²) in [5.74, 6) is 0.0530. The molecule has 1 amide bonds. The van der Waals surface area contributed by atoms with Gasteiger partial charge in [0, 0.05) is 25.2 Å². The summed E-state index contributed by atoms with van der Waals surface area (Å²) in [6.07, 6.45) is -0.705. The molecule has 1 aliphatic rings. The summed E-state index contributed by atoms with van der Waals surface area (Å²) in [6.45, 7) is 11.3. The Kier molecular flexibility index (Phi) is 13.0. The van der Waals surface area contributed by atoms with E-state index in [0.717, 1.165) is 27.8 Å². The van der Waals surface area contributed by atoms with E-state index in [2.05, 4.69) is 29.2 Å². The Bertz CT molecular complexity index is 1900. The summed E-state index contributed by atoms with van der Waals surface area (Å²) >= 11 is 0. The number of halogens is 1. The molecule has 1 aliphatic heterocycles. The highest BCUT2D eigenvalue weighted by molar-refractivity contribution is 5.70. The second-order valence-electron chi connectivity index (χ2n) is 15.7. The van der Waals surface area contributed by atoms with Crippen LogP contribution in [0, 0.1) is 5.82 Å². The minimum absolute atomic E-state index is 0.224. The third-order valence-electron chi connectivity index (χ3n) is 9.70.